The van der Waals surface area contributed by atoms with E-state index in [9.17, 15) is 4.79 Å². The van der Waals surface area contributed by atoms with Crippen LogP contribution in [0.5, 0.6) is 0 Å². The normalized spacial score (nSPS) is 15.0. The Morgan fingerprint density at radius 1 is 1.03 bits per heavy atom. The lowest BCUT2D eigenvalue weighted by atomic mass is 9.92. The van der Waals surface area contributed by atoms with E-state index < -0.39 is 0 Å². The number of carbonyl (C=O) groups excluding carboxylic acids is 1. The smallest absolute Gasteiger partial charge is 0.255 e. The average molecular weight is 571 g/mol. The first-order valence-corrected chi connectivity index (χ1v) is 12.8. The molecule has 1 N–H and O–H groups in total. The van der Waals surface area contributed by atoms with Gasteiger partial charge >= 0.3 is 0 Å². The number of benzene rings is 1. The molecule has 1 aliphatic heterocycles. The second kappa shape index (κ2) is 11.9. The molecule has 1 aromatic carbocycles. The van der Waals surface area contributed by atoms with Crippen LogP contribution in [0.4, 0.5) is 5.69 Å². The molecule has 0 saturated carbocycles. The lowest BCUT2D eigenvalue weighted by Gasteiger charge is -2.32. The SMILES string of the molecule is O=C(Nc1c(C2CCN(C/C=C/c3ccc(Cl)cc3)CC2)nc(Cl)c(Cl)c1Cl)c1ccnc(Cl)c1. The van der Waals surface area contributed by atoms with E-state index in [0.29, 0.717) is 16.9 Å². The molecular weight excluding hydrogens is 550 g/mol. The number of amides is 1. The zero-order chi connectivity index (χ0) is 24.9. The Morgan fingerprint density at radius 3 is 2.43 bits per heavy atom. The van der Waals surface area contributed by atoms with Crippen LogP contribution in [-0.4, -0.2) is 40.4 Å². The predicted octanol–water partition coefficient (Wildman–Crippen LogP) is 7.89. The largest absolute Gasteiger partial charge is 0.319 e. The van der Waals surface area contributed by atoms with Gasteiger partial charge in [-0.05, 0) is 55.8 Å². The van der Waals surface area contributed by atoms with Crippen molar-refractivity contribution in [2.45, 2.75) is 18.8 Å². The van der Waals surface area contributed by atoms with Crippen LogP contribution in [0.25, 0.3) is 6.08 Å². The molecule has 0 atom stereocenters. The van der Waals surface area contributed by atoms with Gasteiger partial charge in [0.05, 0.1) is 21.4 Å². The number of rotatable bonds is 6. The summed E-state index contributed by atoms with van der Waals surface area (Å²) in [4.78, 5) is 23.6. The first kappa shape index (κ1) is 26.2. The highest BCUT2D eigenvalue weighted by Crippen LogP contribution is 2.42. The maximum absolute atomic E-state index is 12.9. The molecule has 0 radical (unpaired) electrons. The number of piperidine rings is 1. The molecule has 1 aliphatic rings. The maximum Gasteiger partial charge on any atom is 0.255 e. The fraction of sp³-hybridized carbons (Fsp3) is 0.240. The van der Waals surface area contributed by atoms with Crippen LogP contribution < -0.4 is 5.32 Å². The second-order valence-electron chi connectivity index (χ2n) is 8.14. The Kier molecular flexibility index (Phi) is 8.92. The monoisotopic (exact) mass is 568 g/mol. The zero-order valence-electron chi connectivity index (χ0n) is 18.4. The molecule has 1 saturated heterocycles. The molecule has 5 nitrogen and oxygen atoms in total. The molecule has 0 bridgehead atoms. The number of carbonyl (C=O) groups is 1. The van der Waals surface area contributed by atoms with Crippen LogP contribution in [0, 0.1) is 0 Å². The van der Waals surface area contributed by atoms with Crippen molar-refractivity contribution in [3.8, 4) is 0 Å². The summed E-state index contributed by atoms with van der Waals surface area (Å²) in [6.07, 6.45) is 7.36. The Bertz CT molecular complexity index is 1240. The topological polar surface area (TPSA) is 58.1 Å². The van der Waals surface area contributed by atoms with Gasteiger partial charge in [-0.3, -0.25) is 9.69 Å². The molecule has 3 aromatic rings. The van der Waals surface area contributed by atoms with E-state index in [1.807, 2.05) is 24.3 Å². The molecule has 3 heterocycles. The van der Waals surface area contributed by atoms with Crippen molar-refractivity contribution in [2.75, 3.05) is 25.0 Å². The number of nitrogens with zero attached hydrogens (tertiary/aromatic N) is 3. The molecule has 0 spiro atoms. The minimum Gasteiger partial charge on any atom is -0.319 e. The highest BCUT2D eigenvalue weighted by molar-refractivity contribution is 6.49. The molecule has 182 valence electrons. The Morgan fingerprint density at radius 2 is 1.74 bits per heavy atom. The third kappa shape index (κ3) is 6.67. The van der Waals surface area contributed by atoms with E-state index in [2.05, 4.69) is 32.3 Å². The number of hydrogen-bond donors (Lipinski definition) is 1. The molecular formula is C25H21Cl5N4O. The molecule has 10 heteroatoms. The summed E-state index contributed by atoms with van der Waals surface area (Å²) < 4.78 is 0. The summed E-state index contributed by atoms with van der Waals surface area (Å²) in [7, 11) is 0. The highest BCUT2D eigenvalue weighted by Gasteiger charge is 2.28. The third-order valence-electron chi connectivity index (χ3n) is 5.81. The quantitative estimate of drug-likeness (QED) is 0.306. The van der Waals surface area contributed by atoms with Gasteiger partial charge in [-0.1, -0.05) is 82.3 Å². The van der Waals surface area contributed by atoms with Gasteiger partial charge in [-0.25, -0.2) is 9.97 Å². The van der Waals surface area contributed by atoms with Gasteiger partial charge in [0.25, 0.3) is 5.91 Å². The minimum absolute atomic E-state index is 0.0649. The molecule has 35 heavy (non-hydrogen) atoms. The lowest BCUT2D eigenvalue weighted by Crippen LogP contribution is -2.33. The molecule has 0 unspecified atom stereocenters. The number of aromatic nitrogens is 2. The molecule has 1 fully saturated rings. The summed E-state index contributed by atoms with van der Waals surface area (Å²) >= 11 is 30.9. The summed E-state index contributed by atoms with van der Waals surface area (Å²) in [6.45, 7) is 2.56. The fourth-order valence-electron chi connectivity index (χ4n) is 3.97. The van der Waals surface area contributed by atoms with Crippen molar-refractivity contribution in [1.29, 1.82) is 0 Å². The van der Waals surface area contributed by atoms with Crippen molar-refractivity contribution in [3.63, 3.8) is 0 Å². The lowest BCUT2D eigenvalue weighted by molar-refractivity contribution is 0.102. The van der Waals surface area contributed by atoms with Crippen molar-refractivity contribution in [3.05, 3.63) is 90.9 Å². The van der Waals surface area contributed by atoms with Crippen molar-refractivity contribution < 1.29 is 4.79 Å². The maximum atomic E-state index is 12.9. The molecule has 0 aliphatic carbocycles. The number of anilines is 1. The summed E-state index contributed by atoms with van der Waals surface area (Å²) in [5.74, 6) is -0.322. The Balaban J connectivity index is 1.46. The summed E-state index contributed by atoms with van der Waals surface area (Å²) in [6, 6.07) is 10.8. The van der Waals surface area contributed by atoms with Crippen LogP contribution >= 0.6 is 58.0 Å². The third-order valence-corrected chi connectivity index (χ3v) is 7.49. The van der Waals surface area contributed by atoms with Crippen molar-refractivity contribution >= 4 is 75.7 Å². The standard InChI is InChI=1S/C25H21Cl5N4O/c26-18-5-3-15(4-6-18)2-1-11-34-12-8-16(9-13-34)22-23(20(28)21(29)24(30)32-22)33-25(35)17-7-10-31-19(27)14-17/h1-7,10,14,16H,8-9,11-13H2,(H,33,35)/b2-1+. The number of nitrogens with one attached hydrogen (secondary N) is 1. The van der Waals surface area contributed by atoms with Crippen LogP contribution in [0.15, 0.2) is 48.7 Å². The molecule has 1 amide bonds. The van der Waals surface area contributed by atoms with Gasteiger partial charge in [0.1, 0.15) is 10.3 Å². The van der Waals surface area contributed by atoms with Gasteiger partial charge in [0, 0.05) is 29.2 Å². The highest BCUT2D eigenvalue weighted by atomic mass is 35.5. The first-order valence-electron chi connectivity index (χ1n) is 10.9. The van der Waals surface area contributed by atoms with E-state index in [4.69, 9.17) is 58.0 Å². The minimum atomic E-state index is -0.387. The van der Waals surface area contributed by atoms with E-state index in [-0.39, 0.29) is 32.2 Å². The van der Waals surface area contributed by atoms with Gasteiger partial charge in [0.15, 0.2) is 0 Å². The number of pyridine rings is 2. The molecule has 4 rings (SSSR count). The van der Waals surface area contributed by atoms with E-state index in [0.717, 1.165) is 43.1 Å². The van der Waals surface area contributed by atoms with E-state index in [1.165, 1.54) is 12.3 Å². The first-order chi connectivity index (χ1) is 16.8. The number of hydrogen-bond acceptors (Lipinski definition) is 4. The predicted molar refractivity (Wildman–Crippen MR) is 145 cm³/mol. The van der Waals surface area contributed by atoms with E-state index in [1.54, 1.807) is 6.07 Å². The second-order valence-corrected chi connectivity index (χ2v) is 10.1. The average Bonchev–Trinajstić information content (AvgIpc) is 2.86. The van der Waals surface area contributed by atoms with Crippen LogP contribution in [-0.2, 0) is 0 Å². The van der Waals surface area contributed by atoms with Crippen molar-refractivity contribution in [1.82, 2.24) is 14.9 Å². The molecule has 2 aromatic heterocycles. The summed E-state index contributed by atoms with van der Waals surface area (Å²) in [5, 5.41) is 4.18. The Hall–Kier alpha value is -1.86. The number of halogens is 5. The van der Waals surface area contributed by atoms with Gasteiger partial charge in [-0.15, -0.1) is 0 Å². The van der Waals surface area contributed by atoms with Gasteiger partial charge in [0.2, 0.25) is 0 Å². The zero-order valence-corrected chi connectivity index (χ0v) is 22.2. The van der Waals surface area contributed by atoms with Crippen molar-refractivity contribution in [2.24, 2.45) is 0 Å². The Labute approximate surface area is 229 Å². The number of likely N-dealkylation sites (tertiary alicyclic amines) is 1. The van der Waals surface area contributed by atoms with Crippen LogP contribution in [0.2, 0.25) is 25.4 Å². The van der Waals surface area contributed by atoms with Crippen LogP contribution in [0.3, 0.4) is 0 Å². The van der Waals surface area contributed by atoms with E-state index >= 15 is 0 Å². The van der Waals surface area contributed by atoms with Gasteiger partial charge < -0.3 is 5.32 Å². The van der Waals surface area contributed by atoms with Crippen LogP contribution in [0.1, 0.15) is 40.4 Å². The fourth-order valence-corrected chi connectivity index (χ4v) is 4.87. The van der Waals surface area contributed by atoms with Gasteiger partial charge in [-0.2, -0.15) is 0 Å². The summed E-state index contributed by atoms with van der Waals surface area (Å²) in [5.41, 5.74) is 2.46.